The highest BCUT2D eigenvalue weighted by atomic mass is 16.5. The molecule has 2 aromatic heterocycles. The molecule has 0 aliphatic heterocycles. The third-order valence-electron chi connectivity index (χ3n) is 5.02. The minimum atomic E-state index is -0.498. The van der Waals surface area contributed by atoms with Crippen LogP contribution in [0.2, 0.25) is 0 Å². The van der Waals surface area contributed by atoms with Crippen LogP contribution in [-0.2, 0) is 20.9 Å². The van der Waals surface area contributed by atoms with Gasteiger partial charge in [0.2, 0.25) is 5.91 Å². The van der Waals surface area contributed by atoms with Crippen molar-refractivity contribution in [3.63, 3.8) is 0 Å². The number of aromatic amines is 1. The van der Waals surface area contributed by atoms with Gasteiger partial charge < -0.3 is 14.6 Å². The second-order valence-corrected chi connectivity index (χ2v) is 8.02. The SMILES string of the molecule is CCOC(=O)[C@H](CC(C)C)N(C)C(=O)CCCCC[n+]1ccc2nc(C)[nH]c2c1. The Morgan fingerprint density at radius 2 is 2.03 bits per heavy atom. The molecule has 0 bridgehead atoms. The number of H-pyrrole nitrogens is 1. The van der Waals surface area contributed by atoms with Gasteiger partial charge in [0.05, 0.1) is 6.61 Å². The largest absolute Gasteiger partial charge is 0.464 e. The topological polar surface area (TPSA) is 79.2 Å². The van der Waals surface area contributed by atoms with Gasteiger partial charge in [-0.15, -0.1) is 0 Å². The molecule has 2 heterocycles. The fraction of sp³-hybridized carbons (Fsp3) is 0.636. The van der Waals surface area contributed by atoms with Gasteiger partial charge in [0.15, 0.2) is 12.4 Å². The van der Waals surface area contributed by atoms with E-state index in [9.17, 15) is 9.59 Å². The summed E-state index contributed by atoms with van der Waals surface area (Å²) in [5.74, 6) is 0.926. The molecule has 0 spiro atoms. The average molecular weight is 404 g/mol. The lowest BCUT2D eigenvalue weighted by molar-refractivity contribution is -0.696. The molecule has 29 heavy (non-hydrogen) atoms. The van der Waals surface area contributed by atoms with Gasteiger partial charge in [-0.2, -0.15) is 0 Å². The van der Waals surface area contributed by atoms with Crippen LogP contribution < -0.4 is 4.57 Å². The maximum absolute atomic E-state index is 12.6. The van der Waals surface area contributed by atoms with Crippen molar-refractivity contribution in [2.75, 3.05) is 13.7 Å². The number of ether oxygens (including phenoxy) is 1. The van der Waals surface area contributed by atoms with E-state index in [-0.39, 0.29) is 11.9 Å². The van der Waals surface area contributed by atoms with Crippen molar-refractivity contribution >= 4 is 22.9 Å². The molecule has 2 aromatic rings. The Morgan fingerprint density at radius 3 is 2.72 bits per heavy atom. The number of fused-ring (bicyclic) bond motifs is 1. The highest BCUT2D eigenvalue weighted by Crippen LogP contribution is 2.15. The van der Waals surface area contributed by atoms with E-state index in [0.717, 1.165) is 42.7 Å². The molecule has 2 rings (SSSR count). The molecule has 7 nitrogen and oxygen atoms in total. The van der Waals surface area contributed by atoms with Gasteiger partial charge in [0.25, 0.3) is 0 Å². The summed E-state index contributed by atoms with van der Waals surface area (Å²) < 4.78 is 7.30. The summed E-state index contributed by atoms with van der Waals surface area (Å²) in [6.45, 7) is 9.06. The quantitative estimate of drug-likeness (QED) is 0.355. The Morgan fingerprint density at radius 1 is 1.28 bits per heavy atom. The zero-order valence-corrected chi connectivity index (χ0v) is 18.4. The number of rotatable bonds is 11. The number of hydrogen-bond donors (Lipinski definition) is 1. The van der Waals surface area contributed by atoms with E-state index in [0.29, 0.717) is 25.4 Å². The summed E-state index contributed by atoms with van der Waals surface area (Å²) in [5.41, 5.74) is 2.02. The van der Waals surface area contributed by atoms with Crippen LogP contribution in [0.15, 0.2) is 18.5 Å². The summed E-state index contributed by atoms with van der Waals surface area (Å²) in [4.78, 5) is 34.0. The van der Waals surface area contributed by atoms with Gasteiger partial charge in [-0.3, -0.25) is 4.79 Å². The summed E-state index contributed by atoms with van der Waals surface area (Å²) in [5, 5.41) is 0. The number of likely N-dealkylation sites (N-methyl/N-ethyl adjacent to an activating group) is 1. The molecular formula is C22H35N4O3+. The Bertz CT molecular complexity index is 815. The molecule has 0 unspecified atom stereocenters. The number of imidazole rings is 1. The number of nitrogens with zero attached hydrogens (tertiary/aromatic N) is 3. The van der Waals surface area contributed by atoms with Gasteiger partial charge in [-0.05, 0) is 39.0 Å². The predicted molar refractivity (Wildman–Crippen MR) is 112 cm³/mol. The molecule has 160 valence electrons. The summed E-state index contributed by atoms with van der Waals surface area (Å²) in [6, 6.07) is 1.52. The normalized spacial score (nSPS) is 12.3. The molecule has 1 N–H and O–H groups in total. The van der Waals surface area contributed by atoms with E-state index in [4.69, 9.17) is 4.74 Å². The van der Waals surface area contributed by atoms with Crippen LogP contribution in [-0.4, -0.2) is 46.4 Å². The Hall–Kier alpha value is -2.44. The van der Waals surface area contributed by atoms with E-state index in [1.807, 2.05) is 33.0 Å². The second-order valence-electron chi connectivity index (χ2n) is 8.02. The molecule has 0 saturated carbocycles. The van der Waals surface area contributed by atoms with E-state index in [1.54, 1.807) is 18.9 Å². The van der Waals surface area contributed by atoms with E-state index in [2.05, 4.69) is 20.7 Å². The minimum absolute atomic E-state index is 0.00529. The van der Waals surface area contributed by atoms with Crippen molar-refractivity contribution in [3.8, 4) is 0 Å². The van der Waals surface area contributed by atoms with Crippen molar-refractivity contribution < 1.29 is 18.9 Å². The number of nitrogens with one attached hydrogen (secondary N) is 1. The summed E-state index contributed by atoms with van der Waals surface area (Å²) in [7, 11) is 1.71. The van der Waals surface area contributed by atoms with Crippen LogP contribution in [0, 0.1) is 12.8 Å². The molecule has 0 aromatic carbocycles. The first kappa shape index (κ1) is 22.8. The van der Waals surface area contributed by atoms with Gasteiger partial charge in [0.1, 0.15) is 29.4 Å². The Balaban J connectivity index is 1.77. The minimum Gasteiger partial charge on any atom is -0.464 e. The van der Waals surface area contributed by atoms with E-state index in [1.165, 1.54) is 0 Å². The molecule has 0 aliphatic carbocycles. The maximum Gasteiger partial charge on any atom is 0.328 e. The predicted octanol–water partition coefficient (Wildman–Crippen LogP) is 3.16. The van der Waals surface area contributed by atoms with Crippen molar-refractivity contribution in [2.24, 2.45) is 5.92 Å². The van der Waals surface area contributed by atoms with Gasteiger partial charge in [-0.25, -0.2) is 14.3 Å². The number of pyridine rings is 1. The van der Waals surface area contributed by atoms with Crippen LogP contribution in [0.3, 0.4) is 0 Å². The van der Waals surface area contributed by atoms with Crippen LogP contribution in [0.25, 0.3) is 11.0 Å². The van der Waals surface area contributed by atoms with Crippen LogP contribution in [0.4, 0.5) is 0 Å². The molecule has 1 atom stereocenters. The third kappa shape index (κ3) is 6.84. The smallest absolute Gasteiger partial charge is 0.328 e. The highest BCUT2D eigenvalue weighted by Gasteiger charge is 2.28. The molecule has 0 saturated heterocycles. The molecule has 0 aliphatic rings. The maximum atomic E-state index is 12.6. The number of carbonyl (C=O) groups is 2. The second kappa shape index (κ2) is 10.9. The molecule has 0 fully saturated rings. The number of carbonyl (C=O) groups excluding carboxylic acids is 2. The first-order valence-electron chi connectivity index (χ1n) is 10.6. The number of unbranched alkanes of at least 4 members (excludes halogenated alkanes) is 2. The van der Waals surface area contributed by atoms with E-state index < -0.39 is 6.04 Å². The monoisotopic (exact) mass is 403 g/mol. The Labute approximate surface area is 173 Å². The third-order valence-corrected chi connectivity index (χ3v) is 5.02. The van der Waals surface area contributed by atoms with Crippen LogP contribution >= 0.6 is 0 Å². The molecular weight excluding hydrogens is 368 g/mol. The average Bonchev–Trinajstić information content (AvgIpc) is 3.04. The van der Waals surface area contributed by atoms with Crippen molar-refractivity contribution in [1.29, 1.82) is 0 Å². The lowest BCUT2D eigenvalue weighted by atomic mass is 10.0. The van der Waals surface area contributed by atoms with Crippen LogP contribution in [0.5, 0.6) is 0 Å². The summed E-state index contributed by atoms with van der Waals surface area (Å²) in [6.07, 6.45) is 7.95. The zero-order chi connectivity index (χ0) is 21.4. The van der Waals surface area contributed by atoms with Gasteiger partial charge in [0, 0.05) is 26.0 Å². The summed E-state index contributed by atoms with van der Waals surface area (Å²) >= 11 is 0. The highest BCUT2D eigenvalue weighted by molar-refractivity contribution is 5.84. The number of aromatic nitrogens is 3. The van der Waals surface area contributed by atoms with Crippen molar-refractivity contribution in [1.82, 2.24) is 14.9 Å². The van der Waals surface area contributed by atoms with Gasteiger partial charge >= 0.3 is 5.97 Å². The number of aryl methyl sites for hydroxylation is 2. The molecule has 1 amide bonds. The van der Waals surface area contributed by atoms with Crippen LogP contribution in [0.1, 0.15) is 58.7 Å². The number of esters is 1. The first-order valence-corrected chi connectivity index (χ1v) is 10.6. The lowest BCUT2D eigenvalue weighted by Crippen LogP contribution is -2.44. The zero-order valence-electron chi connectivity index (χ0n) is 18.4. The molecule has 7 heteroatoms. The van der Waals surface area contributed by atoms with Crippen molar-refractivity contribution in [2.45, 2.75) is 72.4 Å². The lowest BCUT2D eigenvalue weighted by Gasteiger charge is -2.27. The van der Waals surface area contributed by atoms with Crippen molar-refractivity contribution in [3.05, 3.63) is 24.3 Å². The van der Waals surface area contributed by atoms with E-state index >= 15 is 0 Å². The number of hydrogen-bond acceptors (Lipinski definition) is 4. The fourth-order valence-corrected chi connectivity index (χ4v) is 3.46. The Kier molecular flexibility index (Phi) is 8.61. The molecule has 0 radical (unpaired) electrons. The first-order chi connectivity index (χ1) is 13.8. The number of amides is 1. The van der Waals surface area contributed by atoms with Gasteiger partial charge in [-0.1, -0.05) is 13.8 Å². The standard InChI is InChI=1S/C22H34N4O3/c1-6-29-22(28)20(14-16(2)3)25(5)21(27)10-8-7-9-12-26-13-11-18-19(15-26)24-17(4)23-18/h11,13,15-16,20H,6-10,12,14H2,1-5H3/p+1/t20-/m0/s1. The fourth-order valence-electron chi connectivity index (χ4n) is 3.46.